The summed E-state index contributed by atoms with van der Waals surface area (Å²) in [6.45, 7) is 13.6. The largest absolute Gasteiger partial charge is 0.542 e. The Hall–Kier alpha value is -1.44. The van der Waals surface area contributed by atoms with E-state index in [0.29, 0.717) is 32.2 Å². The zero-order valence-electron chi connectivity index (χ0n) is 18.3. The lowest BCUT2D eigenvalue weighted by molar-refractivity contribution is 0.111. The van der Waals surface area contributed by atoms with Gasteiger partial charge in [0.1, 0.15) is 24.1 Å². The number of carbonyl (C=O) groups is 2. The molecule has 0 saturated carbocycles. The summed E-state index contributed by atoms with van der Waals surface area (Å²) in [5.41, 5.74) is 2.79. The summed E-state index contributed by atoms with van der Waals surface area (Å²) >= 11 is 6.60. The van der Waals surface area contributed by atoms with Gasteiger partial charge in [0.25, 0.3) is 8.32 Å². The maximum Gasteiger partial charge on any atom is 0.258 e. The van der Waals surface area contributed by atoms with E-state index in [1.807, 2.05) is 18.2 Å². The number of halogens is 2. The molecular formula is C23H30Br2O4Si. The first kappa shape index (κ1) is 26.6. The Kier molecular flexibility index (Phi) is 10.5. The van der Waals surface area contributed by atoms with Gasteiger partial charge in [-0.25, -0.2) is 0 Å². The summed E-state index contributed by atoms with van der Waals surface area (Å²) in [4.78, 5) is 21.0. The number of aromatic hydroxyl groups is 1. The van der Waals surface area contributed by atoms with E-state index in [1.165, 1.54) is 6.07 Å². The number of rotatable bonds is 7. The minimum atomic E-state index is -1.95. The highest BCUT2D eigenvalue weighted by atomic mass is 79.9. The van der Waals surface area contributed by atoms with Crippen molar-refractivity contribution in [2.45, 2.75) is 58.2 Å². The van der Waals surface area contributed by atoms with Gasteiger partial charge in [-0.2, -0.15) is 0 Å². The van der Waals surface area contributed by atoms with E-state index in [9.17, 15) is 9.59 Å². The highest BCUT2D eigenvalue weighted by molar-refractivity contribution is 9.10. The van der Waals surface area contributed by atoms with Gasteiger partial charge in [0, 0.05) is 11.1 Å². The number of carbonyl (C=O) groups excluding carboxylic acids is 2. The molecule has 0 fully saturated rings. The van der Waals surface area contributed by atoms with Crippen molar-refractivity contribution >= 4 is 52.7 Å². The molecule has 1 N–H and O–H groups in total. The van der Waals surface area contributed by atoms with Gasteiger partial charge in [-0.3, -0.25) is 9.59 Å². The molecule has 0 spiro atoms. The lowest BCUT2D eigenvalue weighted by atomic mass is 10.2. The molecule has 2 rings (SSSR count). The zero-order valence-corrected chi connectivity index (χ0v) is 22.5. The van der Waals surface area contributed by atoms with Gasteiger partial charge in [-0.15, -0.1) is 0 Å². The fraction of sp³-hybridized carbons (Fsp3) is 0.391. The molecule has 2 aromatic carbocycles. The minimum Gasteiger partial charge on any atom is -0.542 e. The molecule has 0 aliphatic carbocycles. The first-order valence-corrected chi connectivity index (χ1v) is 13.6. The Morgan fingerprint density at radius 3 is 1.60 bits per heavy atom. The Morgan fingerprint density at radius 2 is 1.23 bits per heavy atom. The van der Waals surface area contributed by atoms with Crippen LogP contribution in [0.15, 0.2) is 45.3 Å². The first-order chi connectivity index (χ1) is 14.0. The molecule has 0 bridgehead atoms. The molecule has 30 heavy (non-hydrogen) atoms. The van der Waals surface area contributed by atoms with E-state index in [4.69, 9.17) is 9.53 Å². The summed E-state index contributed by atoms with van der Waals surface area (Å²) < 4.78 is 7.99. The summed E-state index contributed by atoms with van der Waals surface area (Å²) in [5, 5.41) is 8.98. The summed E-state index contributed by atoms with van der Waals surface area (Å²) in [7, 11) is -1.95. The van der Waals surface area contributed by atoms with Gasteiger partial charge >= 0.3 is 0 Å². The van der Waals surface area contributed by atoms with E-state index >= 15 is 0 Å². The number of aldehydes is 2. The molecular weight excluding hydrogens is 528 g/mol. The summed E-state index contributed by atoms with van der Waals surface area (Å²) in [6, 6.07) is 10.1. The van der Waals surface area contributed by atoms with E-state index in [0.717, 1.165) is 22.8 Å². The normalized spacial score (nSPS) is 11.3. The highest BCUT2D eigenvalue weighted by Gasteiger charge is 2.47. The van der Waals surface area contributed by atoms with Crippen molar-refractivity contribution in [2.24, 2.45) is 0 Å². The fourth-order valence-electron chi connectivity index (χ4n) is 3.81. The van der Waals surface area contributed by atoms with Crippen LogP contribution in [0, 0.1) is 0 Å². The quantitative estimate of drug-likeness (QED) is 0.279. The average molecular weight is 558 g/mol. The standard InChI is InChI=1S/C16H25BrO2Si.C7H5BrO2/c1-11(2)20(12(3)4,13(5)6)19-16-8-7-14(10-18)9-15(16)17;8-6-3-5(4-9)1-2-7(6)10/h7-13H,1-6H3;1-4,10H. The van der Waals surface area contributed by atoms with Crippen molar-refractivity contribution < 1.29 is 19.1 Å². The molecule has 0 unspecified atom stereocenters. The molecule has 0 aliphatic heterocycles. The van der Waals surface area contributed by atoms with Crippen molar-refractivity contribution in [2.75, 3.05) is 0 Å². The van der Waals surface area contributed by atoms with Crippen LogP contribution in [0.4, 0.5) is 0 Å². The molecule has 0 saturated heterocycles. The average Bonchev–Trinajstić information content (AvgIpc) is 2.68. The zero-order chi connectivity index (χ0) is 23.1. The van der Waals surface area contributed by atoms with Gasteiger partial charge in [-0.1, -0.05) is 41.5 Å². The molecule has 0 aromatic heterocycles. The Labute approximate surface area is 197 Å². The third-order valence-corrected chi connectivity index (χ3v) is 12.4. The smallest absolute Gasteiger partial charge is 0.258 e. The second-order valence-electron chi connectivity index (χ2n) is 8.06. The molecule has 0 radical (unpaired) electrons. The van der Waals surface area contributed by atoms with Gasteiger partial charge in [-0.05, 0) is 84.9 Å². The van der Waals surface area contributed by atoms with Crippen molar-refractivity contribution in [1.82, 2.24) is 0 Å². The van der Waals surface area contributed by atoms with Crippen LogP contribution >= 0.6 is 31.9 Å². The van der Waals surface area contributed by atoms with Crippen LogP contribution in [0.3, 0.4) is 0 Å². The molecule has 2 aromatic rings. The highest BCUT2D eigenvalue weighted by Crippen LogP contribution is 2.44. The van der Waals surface area contributed by atoms with Gasteiger partial charge < -0.3 is 9.53 Å². The van der Waals surface area contributed by atoms with Gasteiger partial charge in [0.2, 0.25) is 0 Å². The SMILES string of the molecule is CC(C)[Si](Oc1ccc(C=O)cc1Br)(C(C)C)C(C)C.O=Cc1ccc(O)c(Br)c1. The van der Waals surface area contributed by atoms with Crippen molar-refractivity contribution in [3.05, 3.63) is 56.5 Å². The van der Waals surface area contributed by atoms with Crippen LogP contribution in [0.25, 0.3) is 0 Å². The minimum absolute atomic E-state index is 0.144. The predicted octanol–water partition coefficient (Wildman–Crippen LogP) is 7.78. The molecule has 7 heteroatoms. The van der Waals surface area contributed by atoms with E-state index < -0.39 is 8.32 Å². The topological polar surface area (TPSA) is 63.6 Å². The first-order valence-electron chi connectivity index (χ1n) is 9.86. The predicted molar refractivity (Wildman–Crippen MR) is 132 cm³/mol. The van der Waals surface area contributed by atoms with Crippen molar-refractivity contribution in [3.8, 4) is 11.5 Å². The van der Waals surface area contributed by atoms with Crippen LogP contribution in [0.1, 0.15) is 62.3 Å². The molecule has 0 atom stereocenters. The van der Waals surface area contributed by atoms with E-state index in [2.05, 4.69) is 73.4 Å². The van der Waals surface area contributed by atoms with Crippen LogP contribution in [-0.2, 0) is 0 Å². The van der Waals surface area contributed by atoms with Crippen molar-refractivity contribution in [3.63, 3.8) is 0 Å². The molecule has 0 amide bonds. The number of hydrogen-bond acceptors (Lipinski definition) is 4. The second kappa shape index (κ2) is 11.8. The maximum atomic E-state index is 10.8. The van der Waals surface area contributed by atoms with Crippen molar-refractivity contribution in [1.29, 1.82) is 0 Å². The molecule has 0 aliphatic rings. The number of hydrogen-bond donors (Lipinski definition) is 1. The van der Waals surface area contributed by atoms with Gasteiger partial charge in [0.15, 0.2) is 0 Å². The summed E-state index contributed by atoms with van der Waals surface area (Å²) in [5.74, 6) is 1.00. The van der Waals surface area contributed by atoms with E-state index in [-0.39, 0.29) is 5.75 Å². The Morgan fingerprint density at radius 1 is 0.800 bits per heavy atom. The lowest BCUT2D eigenvalue weighted by Crippen LogP contribution is -2.50. The molecule has 0 heterocycles. The van der Waals surface area contributed by atoms with Crippen LogP contribution in [-0.4, -0.2) is 26.0 Å². The Bertz CT molecular complexity index is 845. The third-order valence-electron chi connectivity index (χ3n) is 5.19. The van der Waals surface area contributed by atoms with Gasteiger partial charge in [0.05, 0.1) is 8.95 Å². The number of phenols is 1. The maximum absolute atomic E-state index is 10.8. The number of phenolic OH excluding ortho intramolecular Hbond substituents is 1. The van der Waals surface area contributed by atoms with Crippen LogP contribution in [0.2, 0.25) is 16.6 Å². The van der Waals surface area contributed by atoms with Crippen LogP contribution in [0.5, 0.6) is 11.5 Å². The second-order valence-corrected chi connectivity index (χ2v) is 15.1. The monoisotopic (exact) mass is 556 g/mol. The third kappa shape index (κ3) is 6.53. The molecule has 164 valence electrons. The fourth-order valence-corrected chi connectivity index (χ4v) is 10.1. The lowest BCUT2D eigenvalue weighted by Gasteiger charge is -2.42. The molecule has 4 nitrogen and oxygen atoms in total. The summed E-state index contributed by atoms with van der Waals surface area (Å²) in [6.07, 6.45) is 1.58. The number of benzene rings is 2. The Balaban J connectivity index is 0.000000375. The van der Waals surface area contributed by atoms with Crippen LogP contribution < -0.4 is 4.43 Å². The van der Waals surface area contributed by atoms with E-state index in [1.54, 1.807) is 12.1 Å².